The Morgan fingerprint density at radius 2 is 2.31 bits per heavy atom. The van der Waals surface area contributed by atoms with Gasteiger partial charge in [0, 0.05) is 18.1 Å². The van der Waals surface area contributed by atoms with Gasteiger partial charge in [-0.3, -0.25) is 0 Å². The Kier molecular flexibility index (Phi) is 5.69. The van der Waals surface area contributed by atoms with Gasteiger partial charge in [0.05, 0.1) is 6.04 Å². The smallest absolute Gasteiger partial charge is 0.166 e. The first-order chi connectivity index (χ1) is 7.63. The number of hydrogen-bond acceptors (Lipinski definition) is 3. The van der Waals surface area contributed by atoms with Crippen LogP contribution in [-0.4, -0.2) is 16.6 Å². The third kappa shape index (κ3) is 4.45. The summed E-state index contributed by atoms with van der Waals surface area (Å²) in [5.74, 6) is 0.597. The van der Waals surface area contributed by atoms with Crippen LogP contribution < -0.4 is 10.6 Å². The van der Waals surface area contributed by atoms with Gasteiger partial charge in [-0.25, -0.2) is 4.98 Å². The minimum absolute atomic E-state index is 0.229. The first kappa shape index (κ1) is 13.4. The molecule has 1 aromatic heterocycles. The lowest BCUT2D eigenvalue weighted by molar-refractivity contribution is 0.585. The average molecular weight is 257 g/mol. The second-order valence-corrected chi connectivity index (χ2v) is 5.41. The van der Waals surface area contributed by atoms with Crippen molar-refractivity contribution < 1.29 is 0 Å². The standard InChI is InChI=1S/C11H19N3S2/c1-4-9(10-12-5-6-16-10)14-11(15)13-7-8(2)3/h5-6,8-9H,4,7H2,1-3H3,(H2,13,14,15). The van der Waals surface area contributed by atoms with Crippen molar-refractivity contribution in [2.45, 2.75) is 33.2 Å². The fraction of sp³-hybridized carbons (Fsp3) is 0.636. The molecule has 0 saturated heterocycles. The number of aromatic nitrogens is 1. The number of thiazole rings is 1. The lowest BCUT2D eigenvalue weighted by Gasteiger charge is -2.18. The van der Waals surface area contributed by atoms with E-state index in [1.54, 1.807) is 11.3 Å². The van der Waals surface area contributed by atoms with Crippen LogP contribution in [0.5, 0.6) is 0 Å². The molecule has 0 fully saturated rings. The summed E-state index contributed by atoms with van der Waals surface area (Å²) in [6, 6.07) is 0.229. The highest BCUT2D eigenvalue weighted by Crippen LogP contribution is 2.18. The molecule has 1 unspecified atom stereocenters. The Bertz CT molecular complexity index is 309. The van der Waals surface area contributed by atoms with Crippen molar-refractivity contribution in [2.24, 2.45) is 5.92 Å². The fourth-order valence-corrected chi connectivity index (χ4v) is 2.25. The van der Waals surface area contributed by atoms with Crippen molar-refractivity contribution in [3.63, 3.8) is 0 Å². The molecule has 1 rings (SSSR count). The Morgan fingerprint density at radius 3 is 2.81 bits per heavy atom. The normalized spacial score (nSPS) is 12.5. The highest BCUT2D eigenvalue weighted by Gasteiger charge is 2.12. The minimum atomic E-state index is 0.229. The number of rotatable bonds is 5. The zero-order valence-corrected chi connectivity index (χ0v) is 11.6. The van der Waals surface area contributed by atoms with E-state index in [4.69, 9.17) is 12.2 Å². The van der Waals surface area contributed by atoms with Gasteiger partial charge in [-0.1, -0.05) is 20.8 Å². The summed E-state index contributed by atoms with van der Waals surface area (Å²) in [5, 5.41) is 10.3. The molecule has 3 nitrogen and oxygen atoms in total. The molecular weight excluding hydrogens is 238 g/mol. The van der Waals surface area contributed by atoms with Crippen LogP contribution in [0.3, 0.4) is 0 Å². The summed E-state index contributed by atoms with van der Waals surface area (Å²) in [4.78, 5) is 4.30. The Morgan fingerprint density at radius 1 is 1.56 bits per heavy atom. The van der Waals surface area contributed by atoms with Gasteiger partial charge in [-0.15, -0.1) is 11.3 Å². The van der Waals surface area contributed by atoms with Crippen LogP contribution in [0, 0.1) is 5.92 Å². The topological polar surface area (TPSA) is 37.0 Å². The van der Waals surface area contributed by atoms with Crippen LogP contribution in [0.15, 0.2) is 11.6 Å². The highest BCUT2D eigenvalue weighted by atomic mass is 32.1. The molecule has 0 bridgehead atoms. The van der Waals surface area contributed by atoms with E-state index in [9.17, 15) is 0 Å². The second kappa shape index (κ2) is 6.81. The molecule has 1 heterocycles. The van der Waals surface area contributed by atoms with Gasteiger partial charge >= 0.3 is 0 Å². The van der Waals surface area contributed by atoms with E-state index in [2.05, 4.69) is 36.4 Å². The van der Waals surface area contributed by atoms with Crippen molar-refractivity contribution in [3.05, 3.63) is 16.6 Å². The zero-order chi connectivity index (χ0) is 12.0. The molecule has 0 aromatic carbocycles. The van der Waals surface area contributed by atoms with E-state index in [0.29, 0.717) is 5.92 Å². The molecule has 0 aliphatic heterocycles. The Hall–Kier alpha value is -0.680. The number of hydrogen-bond donors (Lipinski definition) is 2. The molecule has 0 aliphatic rings. The van der Waals surface area contributed by atoms with Crippen molar-refractivity contribution in [2.75, 3.05) is 6.54 Å². The molecule has 0 aliphatic carbocycles. The van der Waals surface area contributed by atoms with Crippen LogP contribution in [0.2, 0.25) is 0 Å². The first-order valence-electron chi connectivity index (χ1n) is 5.57. The van der Waals surface area contributed by atoms with Crippen LogP contribution in [0.4, 0.5) is 0 Å². The van der Waals surface area contributed by atoms with E-state index in [1.165, 1.54) is 0 Å². The maximum Gasteiger partial charge on any atom is 0.166 e. The molecule has 0 amide bonds. The molecule has 90 valence electrons. The number of thiocarbonyl (C=S) groups is 1. The molecule has 5 heteroatoms. The predicted octanol–water partition coefficient (Wildman–Crippen LogP) is 2.71. The average Bonchev–Trinajstić information content (AvgIpc) is 2.76. The SMILES string of the molecule is CCC(NC(=S)NCC(C)C)c1nccs1. The Balaban J connectivity index is 2.42. The molecular formula is C11H19N3S2. The largest absolute Gasteiger partial charge is 0.362 e. The molecule has 1 atom stereocenters. The van der Waals surface area contributed by atoms with Crippen LogP contribution in [0.25, 0.3) is 0 Å². The summed E-state index contributed by atoms with van der Waals surface area (Å²) in [7, 11) is 0. The van der Waals surface area contributed by atoms with Crippen LogP contribution in [-0.2, 0) is 0 Å². The molecule has 1 aromatic rings. The monoisotopic (exact) mass is 257 g/mol. The fourth-order valence-electron chi connectivity index (χ4n) is 1.25. The summed E-state index contributed by atoms with van der Waals surface area (Å²) < 4.78 is 0. The summed E-state index contributed by atoms with van der Waals surface area (Å²) in [6.45, 7) is 7.35. The van der Waals surface area contributed by atoms with E-state index in [1.807, 2.05) is 11.6 Å². The molecule has 16 heavy (non-hydrogen) atoms. The highest BCUT2D eigenvalue weighted by molar-refractivity contribution is 7.80. The molecule has 0 saturated carbocycles. The summed E-state index contributed by atoms with van der Waals surface area (Å²) >= 11 is 6.90. The van der Waals surface area contributed by atoms with Gasteiger partial charge in [0.15, 0.2) is 5.11 Å². The van der Waals surface area contributed by atoms with E-state index < -0.39 is 0 Å². The van der Waals surface area contributed by atoms with Gasteiger partial charge in [0.25, 0.3) is 0 Å². The van der Waals surface area contributed by atoms with Crippen LogP contribution in [0.1, 0.15) is 38.2 Å². The van der Waals surface area contributed by atoms with E-state index in [-0.39, 0.29) is 6.04 Å². The van der Waals surface area contributed by atoms with Crippen LogP contribution >= 0.6 is 23.6 Å². The lowest BCUT2D eigenvalue weighted by Crippen LogP contribution is -2.39. The lowest BCUT2D eigenvalue weighted by atomic mass is 10.2. The summed E-state index contributed by atoms with van der Waals surface area (Å²) in [6.07, 6.45) is 2.81. The van der Waals surface area contributed by atoms with Gasteiger partial charge in [0.2, 0.25) is 0 Å². The maximum absolute atomic E-state index is 5.24. The van der Waals surface area contributed by atoms with Crippen molar-refractivity contribution >= 4 is 28.7 Å². The quantitative estimate of drug-likeness (QED) is 0.795. The predicted molar refractivity (Wildman–Crippen MR) is 73.7 cm³/mol. The third-order valence-electron chi connectivity index (χ3n) is 2.13. The maximum atomic E-state index is 5.24. The second-order valence-electron chi connectivity index (χ2n) is 4.08. The molecule has 0 spiro atoms. The third-order valence-corrected chi connectivity index (χ3v) is 3.29. The van der Waals surface area contributed by atoms with Crippen molar-refractivity contribution in [1.29, 1.82) is 0 Å². The van der Waals surface area contributed by atoms with E-state index in [0.717, 1.165) is 23.1 Å². The Labute approximate surface area is 107 Å². The zero-order valence-electron chi connectivity index (χ0n) is 9.99. The number of nitrogens with one attached hydrogen (secondary N) is 2. The molecule has 2 N–H and O–H groups in total. The van der Waals surface area contributed by atoms with Gasteiger partial charge in [-0.2, -0.15) is 0 Å². The number of nitrogens with zero attached hydrogens (tertiary/aromatic N) is 1. The summed E-state index contributed by atoms with van der Waals surface area (Å²) in [5.41, 5.74) is 0. The van der Waals surface area contributed by atoms with E-state index >= 15 is 0 Å². The van der Waals surface area contributed by atoms with Gasteiger partial charge in [0.1, 0.15) is 5.01 Å². The van der Waals surface area contributed by atoms with Crippen molar-refractivity contribution in [3.8, 4) is 0 Å². The molecule has 0 radical (unpaired) electrons. The van der Waals surface area contributed by atoms with Gasteiger partial charge < -0.3 is 10.6 Å². The van der Waals surface area contributed by atoms with Crippen molar-refractivity contribution in [1.82, 2.24) is 15.6 Å². The first-order valence-corrected chi connectivity index (χ1v) is 6.86. The minimum Gasteiger partial charge on any atom is -0.362 e. The van der Waals surface area contributed by atoms with Gasteiger partial charge in [-0.05, 0) is 24.6 Å².